The van der Waals surface area contributed by atoms with Crippen LogP contribution in [0.2, 0.25) is 0 Å². The average Bonchev–Trinajstić information content (AvgIpc) is 3.01. The fourth-order valence-electron chi connectivity index (χ4n) is 2.86. The van der Waals surface area contributed by atoms with Gasteiger partial charge in [0, 0.05) is 25.0 Å². The van der Waals surface area contributed by atoms with E-state index in [0.29, 0.717) is 5.92 Å². The van der Waals surface area contributed by atoms with Gasteiger partial charge in [-0.25, -0.2) is 4.98 Å². The van der Waals surface area contributed by atoms with Crippen LogP contribution in [0.3, 0.4) is 0 Å². The van der Waals surface area contributed by atoms with Crippen molar-refractivity contribution < 1.29 is 5.11 Å². The first-order valence-corrected chi connectivity index (χ1v) is 7.52. The quantitative estimate of drug-likeness (QED) is 0.899. The van der Waals surface area contributed by atoms with Gasteiger partial charge < -0.3 is 14.8 Å². The predicted molar refractivity (Wildman–Crippen MR) is 79.8 cm³/mol. The van der Waals surface area contributed by atoms with Crippen LogP contribution in [0, 0.1) is 0 Å². The molecule has 1 aliphatic rings. The van der Waals surface area contributed by atoms with Crippen molar-refractivity contribution in [3.05, 3.63) is 35.8 Å². The number of nitrogens with one attached hydrogen (secondary N) is 1. The minimum absolute atomic E-state index is 0.183. The predicted octanol–water partition coefficient (Wildman–Crippen LogP) is 2.46. The molecule has 2 aromatic rings. The first-order valence-electron chi connectivity index (χ1n) is 7.52. The zero-order valence-corrected chi connectivity index (χ0v) is 12.2. The van der Waals surface area contributed by atoms with Crippen molar-refractivity contribution >= 4 is 5.65 Å². The molecule has 1 saturated carbocycles. The lowest BCUT2D eigenvalue weighted by Crippen LogP contribution is -2.35. The van der Waals surface area contributed by atoms with Crippen LogP contribution in [0.25, 0.3) is 5.65 Å². The molecule has 0 amide bonds. The Morgan fingerprint density at radius 2 is 2.30 bits per heavy atom. The molecule has 4 nitrogen and oxygen atoms in total. The molecular formula is C16H23N3O. The summed E-state index contributed by atoms with van der Waals surface area (Å²) in [4.78, 5) is 4.65. The third kappa shape index (κ3) is 2.72. The average molecular weight is 273 g/mol. The van der Waals surface area contributed by atoms with Gasteiger partial charge in [-0.2, -0.15) is 0 Å². The first kappa shape index (κ1) is 13.6. The van der Waals surface area contributed by atoms with Crippen molar-refractivity contribution in [2.75, 3.05) is 0 Å². The summed E-state index contributed by atoms with van der Waals surface area (Å²) in [6.07, 6.45) is 7.10. The number of fused-ring (bicyclic) bond motifs is 1. The van der Waals surface area contributed by atoms with Crippen molar-refractivity contribution in [2.24, 2.45) is 0 Å². The highest BCUT2D eigenvalue weighted by molar-refractivity contribution is 5.43. The van der Waals surface area contributed by atoms with Crippen molar-refractivity contribution in [2.45, 2.75) is 57.7 Å². The maximum atomic E-state index is 9.82. The second kappa shape index (κ2) is 5.54. The smallest absolute Gasteiger partial charge is 0.137 e. The Bertz CT molecular complexity index is 590. The monoisotopic (exact) mass is 273 g/mol. The maximum absolute atomic E-state index is 9.82. The van der Waals surface area contributed by atoms with Crippen LogP contribution in [0.5, 0.6) is 0 Å². The molecule has 0 spiro atoms. The number of aromatic nitrogens is 2. The zero-order chi connectivity index (χ0) is 14.1. The van der Waals surface area contributed by atoms with E-state index in [2.05, 4.69) is 53.1 Å². The SMILES string of the molecule is CC(C)c1cn2ccc(CN[C@@H]3CCC[C@@H]3O)cc2n1. The summed E-state index contributed by atoms with van der Waals surface area (Å²) in [7, 11) is 0. The number of rotatable bonds is 4. The molecule has 0 unspecified atom stereocenters. The summed E-state index contributed by atoms with van der Waals surface area (Å²) in [6.45, 7) is 5.11. The van der Waals surface area contributed by atoms with Gasteiger partial charge in [0.25, 0.3) is 0 Å². The van der Waals surface area contributed by atoms with E-state index in [1.165, 1.54) is 5.56 Å². The molecule has 2 atom stereocenters. The van der Waals surface area contributed by atoms with E-state index in [4.69, 9.17) is 0 Å². The Balaban J connectivity index is 1.72. The highest BCUT2D eigenvalue weighted by Gasteiger charge is 2.24. The number of hydrogen-bond donors (Lipinski definition) is 2. The molecule has 108 valence electrons. The van der Waals surface area contributed by atoms with E-state index in [1.54, 1.807) is 0 Å². The Kier molecular flexibility index (Phi) is 3.76. The van der Waals surface area contributed by atoms with E-state index >= 15 is 0 Å². The van der Waals surface area contributed by atoms with Crippen molar-refractivity contribution in [1.82, 2.24) is 14.7 Å². The summed E-state index contributed by atoms with van der Waals surface area (Å²) in [5.74, 6) is 0.449. The minimum atomic E-state index is -0.183. The Hall–Kier alpha value is -1.39. The van der Waals surface area contributed by atoms with Crippen LogP contribution in [-0.4, -0.2) is 26.6 Å². The van der Waals surface area contributed by atoms with E-state index in [9.17, 15) is 5.11 Å². The number of aliphatic hydroxyl groups excluding tert-OH is 1. The van der Waals surface area contributed by atoms with Gasteiger partial charge in [0.1, 0.15) is 5.65 Å². The molecule has 20 heavy (non-hydrogen) atoms. The molecule has 0 aliphatic heterocycles. The van der Waals surface area contributed by atoms with Gasteiger partial charge in [-0.1, -0.05) is 13.8 Å². The molecule has 1 fully saturated rings. The van der Waals surface area contributed by atoms with Gasteiger partial charge in [-0.05, 0) is 42.9 Å². The highest BCUT2D eigenvalue weighted by atomic mass is 16.3. The first-order chi connectivity index (χ1) is 9.63. The summed E-state index contributed by atoms with van der Waals surface area (Å²) < 4.78 is 2.07. The van der Waals surface area contributed by atoms with E-state index < -0.39 is 0 Å². The molecule has 3 rings (SSSR count). The molecule has 0 bridgehead atoms. The molecular weight excluding hydrogens is 250 g/mol. The fraction of sp³-hybridized carbons (Fsp3) is 0.562. The molecule has 0 radical (unpaired) electrons. The second-order valence-electron chi connectivity index (χ2n) is 6.11. The van der Waals surface area contributed by atoms with Crippen LogP contribution in [-0.2, 0) is 6.54 Å². The topological polar surface area (TPSA) is 49.6 Å². The van der Waals surface area contributed by atoms with Gasteiger partial charge in [0.05, 0.1) is 11.8 Å². The lowest BCUT2D eigenvalue weighted by Gasteiger charge is -2.16. The van der Waals surface area contributed by atoms with E-state index in [-0.39, 0.29) is 12.1 Å². The molecule has 0 saturated heterocycles. The molecule has 2 heterocycles. The Labute approximate surface area is 119 Å². The van der Waals surface area contributed by atoms with Gasteiger partial charge in [-0.3, -0.25) is 0 Å². The number of aliphatic hydroxyl groups is 1. The van der Waals surface area contributed by atoms with Crippen LogP contribution in [0.15, 0.2) is 24.5 Å². The lowest BCUT2D eigenvalue weighted by atomic mass is 10.2. The van der Waals surface area contributed by atoms with E-state index in [0.717, 1.165) is 37.1 Å². The minimum Gasteiger partial charge on any atom is -0.392 e. The van der Waals surface area contributed by atoms with Gasteiger partial charge >= 0.3 is 0 Å². The van der Waals surface area contributed by atoms with Crippen molar-refractivity contribution in [1.29, 1.82) is 0 Å². The molecule has 4 heteroatoms. The zero-order valence-electron chi connectivity index (χ0n) is 12.2. The summed E-state index contributed by atoms with van der Waals surface area (Å²) in [5.41, 5.74) is 3.35. The molecule has 2 aromatic heterocycles. The van der Waals surface area contributed by atoms with Crippen LogP contribution in [0.1, 0.15) is 50.3 Å². The van der Waals surface area contributed by atoms with Crippen molar-refractivity contribution in [3.8, 4) is 0 Å². The third-order valence-electron chi connectivity index (χ3n) is 4.18. The molecule has 2 N–H and O–H groups in total. The Morgan fingerprint density at radius 1 is 1.45 bits per heavy atom. The lowest BCUT2D eigenvalue weighted by molar-refractivity contribution is 0.148. The van der Waals surface area contributed by atoms with Gasteiger partial charge in [0.2, 0.25) is 0 Å². The second-order valence-corrected chi connectivity index (χ2v) is 6.11. The van der Waals surface area contributed by atoms with Gasteiger partial charge in [-0.15, -0.1) is 0 Å². The fourth-order valence-corrected chi connectivity index (χ4v) is 2.86. The number of imidazole rings is 1. The van der Waals surface area contributed by atoms with Crippen molar-refractivity contribution in [3.63, 3.8) is 0 Å². The van der Waals surface area contributed by atoms with Crippen LogP contribution < -0.4 is 5.32 Å². The number of hydrogen-bond acceptors (Lipinski definition) is 3. The number of nitrogens with zero attached hydrogens (tertiary/aromatic N) is 2. The summed E-state index contributed by atoms with van der Waals surface area (Å²) >= 11 is 0. The van der Waals surface area contributed by atoms with E-state index in [1.807, 2.05) is 0 Å². The molecule has 0 aromatic carbocycles. The van der Waals surface area contributed by atoms with Crippen LogP contribution in [0.4, 0.5) is 0 Å². The highest BCUT2D eigenvalue weighted by Crippen LogP contribution is 2.20. The number of pyridine rings is 1. The van der Waals surface area contributed by atoms with Crippen LogP contribution >= 0.6 is 0 Å². The third-order valence-corrected chi connectivity index (χ3v) is 4.18. The standard InChI is InChI=1S/C16H23N3O/c1-11(2)14-10-19-7-6-12(8-16(19)18-14)9-17-13-4-3-5-15(13)20/h6-8,10-11,13,15,17,20H,3-5,9H2,1-2H3/t13-,15+/m1/s1. The van der Waals surface area contributed by atoms with Gasteiger partial charge in [0.15, 0.2) is 0 Å². The largest absolute Gasteiger partial charge is 0.392 e. The normalized spacial score (nSPS) is 23.0. The summed E-state index contributed by atoms with van der Waals surface area (Å²) in [5, 5.41) is 13.3. The maximum Gasteiger partial charge on any atom is 0.137 e. The summed E-state index contributed by atoms with van der Waals surface area (Å²) in [6, 6.07) is 4.49. The Morgan fingerprint density at radius 3 is 3.00 bits per heavy atom. The molecule has 1 aliphatic carbocycles.